The fourth-order valence-corrected chi connectivity index (χ4v) is 2.90. The normalized spacial score (nSPS) is 10.9. The topological polar surface area (TPSA) is 51.5 Å². The van der Waals surface area contributed by atoms with Crippen molar-refractivity contribution in [2.75, 3.05) is 6.61 Å². The molecule has 1 amide bonds. The Morgan fingerprint density at radius 2 is 1.58 bits per heavy atom. The lowest BCUT2D eigenvalue weighted by Crippen LogP contribution is -2.28. The van der Waals surface area contributed by atoms with Crippen molar-refractivity contribution in [1.82, 2.24) is 5.32 Å². The second kappa shape index (κ2) is 8.50. The van der Waals surface area contributed by atoms with Gasteiger partial charge in [-0.1, -0.05) is 60.7 Å². The van der Waals surface area contributed by atoms with Crippen LogP contribution in [0.2, 0.25) is 0 Å². The minimum atomic E-state index is -0.277. The van der Waals surface area contributed by atoms with Gasteiger partial charge in [0.15, 0.2) is 0 Å². The first-order chi connectivity index (χ1) is 12.6. The van der Waals surface area contributed by atoms with Gasteiger partial charge in [0, 0.05) is 12.1 Å². The molecule has 26 heavy (non-hydrogen) atoms. The fourth-order valence-electron chi connectivity index (χ4n) is 2.90. The maximum atomic E-state index is 12.2. The molecule has 0 unspecified atom stereocenters. The van der Waals surface area contributed by atoms with E-state index in [1.54, 1.807) is 0 Å². The number of benzene rings is 2. The van der Waals surface area contributed by atoms with E-state index in [9.17, 15) is 4.79 Å². The van der Waals surface area contributed by atoms with E-state index >= 15 is 0 Å². The van der Waals surface area contributed by atoms with Crippen LogP contribution in [-0.2, 0) is 16.1 Å². The number of rotatable bonds is 7. The highest BCUT2D eigenvalue weighted by atomic mass is 16.5. The molecule has 134 valence electrons. The van der Waals surface area contributed by atoms with E-state index in [1.807, 2.05) is 80.6 Å². The zero-order valence-electron chi connectivity index (χ0n) is 15.1. The van der Waals surface area contributed by atoms with Crippen LogP contribution in [0.25, 0.3) is 0 Å². The largest absolute Gasteiger partial charge is 0.466 e. The Hall–Kier alpha value is -2.85. The van der Waals surface area contributed by atoms with Crippen molar-refractivity contribution in [1.29, 1.82) is 0 Å². The molecule has 4 nitrogen and oxygen atoms in total. The third-order valence-corrected chi connectivity index (χ3v) is 4.21. The maximum absolute atomic E-state index is 12.2. The lowest BCUT2D eigenvalue weighted by molar-refractivity contribution is -0.127. The van der Waals surface area contributed by atoms with Crippen molar-refractivity contribution in [3.63, 3.8) is 0 Å². The van der Waals surface area contributed by atoms with Crippen molar-refractivity contribution in [2.45, 2.75) is 26.5 Å². The summed E-state index contributed by atoms with van der Waals surface area (Å²) in [6, 6.07) is 21.8. The second-order valence-corrected chi connectivity index (χ2v) is 6.23. The van der Waals surface area contributed by atoms with Gasteiger partial charge in [-0.25, -0.2) is 0 Å². The van der Waals surface area contributed by atoms with E-state index in [1.165, 1.54) is 0 Å². The van der Waals surface area contributed by atoms with E-state index in [0.717, 1.165) is 28.2 Å². The molecule has 0 radical (unpaired) electrons. The molecule has 1 heterocycles. The molecule has 0 saturated carbocycles. The standard InChI is InChI=1S/C22H23NO3/c1-16-13-20(17(2)26-16)14-23-21(24)15-25-22(18-9-5-3-6-10-18)19-11-7-4-8-12-19/h3-13,22H,14-15H2,1-2H3,(H,23,24). The third kappa shape index (κ3) is 4.61. The third-order valence-electron chi connectivity index (χ3n) is 4.21. The number of aryl methyl sites for hydroxylation is 2. The van der Waals surface area contributed by atoms with Gasteiger partial charge in [0.1, 0.15) is 24.2 Å². The van der Waals surface area contributed by atoms with Gasteiger partial charge in [0.2, 0.25) is 5.91 Å². The lowest BCUT2D eigenvalue weighted by Gasteiger charge is -2.18. The van der Waals surface area contributed by atoms with Gasteiger partial charge >= 0.3 is 0 Å². The average molecular weight is 349 g/mol. The summed E-state index contributed by atoms with van der Waals surface area (Å²) in [4.78, 5) is 12.2. The molecule has 0 aliphatic rings. The Kier molecular flexibility index (Phi) is 5.87. The van der Waals surface area contributed by atoms with Crippen molar-refractivity contribution < 1.29 is 13.9 Å². The highest BCUT2D eigenvalue weighted by Crippen LogP contribution is 2.25. The molecule has 2 aromatic carbocycles. The summed E-state index contributed by atoms with van der Waals surface area (Å²) >= 11 is 0. The lowest BCUT2D eigenvalue weighted by atomic mass is 10.0. The van der Waals surface area contributed by atoms with Crippen molar-refractivity contribution in [2.24, 2.45) is 0 Å². The Morgan fingerprint density at radius 1 is 1.00 bits per heavy atom. The van der Waals surface area contributed by atoms with E-state index in [-0.39, 0.29) is 18.6 Å². The summed E-state index contributed by atoms with van der Waals surface area (Å²) in [6.07, 6.45) is -0.277. The average Bonchev–Trinajstić information content (AvgIpc) is 2.99. The predicted octanol–water partition coefficient (Wildman–Crippen LogP) is 4.32. The molecule has 1 aromatic heterocycles. The molecular weight excluding hydrogens is 326 g/mol. The van der Waals surface area contributed by atoms with E-state index in [4.69, 9.17) is 9.15 Å². The number of carbonyl (C=O) groups is 1. The van der Waals surface area contributed by atoms with Crippen molar-refractivity contribution in [3.05, 3.63) is 94.9 Å². The smallest absolute Gasteiger partial charge is 0.246 e. The van der Waals surface area contributed by atoms with Crippen LogP contribution in [0.5, 0.6) is 0 Å². The molecule has 0 spiro atoms. The number of amides is 1. The summed E-state index contributed by atoms with van der Waals surface area (Å²) in [5, 5.41) is 2.89. The molecule has 0 aliphatic carbocycles. The number of hydrogen-bond acceptors (Lipinski definition) is 3. The molecule has 0 fully saturated rings. The zero-order chi connectivity index (χ0) is 18.4. The van der Waals surface area contributed by atoms with E-state index in [2.05, 4.69) is 5.32 Å². The summed E-state index contributed by atoms with van der Waals surface area (Å²) in [5.41, 5.74) is 3.03. The van der Waals surface area contributed by atoms with Crippen LogP contribution >= 0.6 is 0 Å². The fraction of sp³-hybridized carbons (Fsp3) is 0.227. The molecular formula is C22H23NO3. The van der Waals surface area contributed by atoms with Crippen LogP contribution in [0.1, 0.15) is 34.3 Å². The molecule has 0 atom stereocenters. The molecule has 0 bridgehead atoms. The summed E-state index contributed by atoms with van der Waals surface area (Å²) in [5.74, 6) is 1.52. The van der Waals surface area contributed by atoms with Crippen LogP contribution in [-0.4, -0.2) is 12.5 Å². The molecule has 3 rings (SSSR count). The zero-order valence-corrected chi connectivity index (χ0v) is 15.1. The molecule has 0 aliphatic heterocycles. The summed E-state index contributed by atoms with van der Waals surface area (Å²) in [7, 11) is 0. The van der Waals surface area contributed by atoms with Gasteiger partial charge in [0.25, 0.3) is 0 Å². The molecule has 3 aromatic rings. The first kappa shape index (κ1) is 18.0. The van der Waals surface area contributed by atoms with Gasteiger partial charge in [-0.3, -0.25) is 4.79 Å². The number of ether oxygens (including phenoxy) is 1. The summed E-state index contributed by atoms with van der Waals surface area (Å²) < 4.78 is 11.4. The monoisotopic (exact) mass is 349 g/mol. The van der Waals surface area contributed by atoms with Crippen LogP contribution in [0, 0.1) is 13.8 Å². The Labute approximate surface area is 153 Å². The van der Waals surface area contributed by atoms with Gasteiger partial charge in [0.05, 0.1) is 0 Å². The van der Waals surface area contributed by atoms with Gasteiger partial charge in [-0.2, -0.15) is 0 Å². The molecule has 4 heteroatoms. The summed E-state index contributed by atoms with van der Waals surface area (Å²) in [6.45, 7) is 4.22. The molecule has 0 saturated heterocycles. The minimum absolute atomic E-state index is 0.00959. The highest BCUT2D eigenvalue weighted by Gasteiger charge is 2.16. The number of furan rings is 1. The van der Waals surface area contributed by atoms with E-state index in [0.29, 0.717) is 6.54 Å². The first-order valence-electron chi connectivity index (χ1n) is 8.67. The van der Waals surface area contributed by atoms with Crippen molar-refractivity contribution in [3.8, 4) is 0 Å². The van der Waals surface area contributed by atoms with Gasteiger partial charge in [-0.05, 0) is 31.0 Å². The number of carbonyl (C=O) groups excluding carboxylic acids is 1. The SMILES string of the molecule is Cc1cc(CNC(=O)COC(c2ccccc2)c2ccccc2)c(C)o1. The molecule has 1 N–H and O–H groups in total. The van der Waals surface area contributed by atoms with Gasteiger partial charge in [-0.15, -0.1) is 0 Å². The number of hydrogen-bond donors (Lipinski definition) is 1. The van der Waals surface area contributed by atoms with E-state index < -0.39 is 0 Å². The first-order valence-corrected chi connectivity index (χ1v) is 8.67. The second-order valence-electron chi connectivity index (χ2n) is 6.23. The Morgan fingerprint density at radius 3 is 2.08 bits per heavy atom. The van der Waals surface area contributed by atoms with Crippen molar-refractivity contribution >= 4 is 5.91 Å². The Bertz CT molecular complexity index is 801. The van der Waals surface area contributed by atoms with Crippen LogP contribution in [0.4, 0.5) is 0 Å². The van der Waals surface area contributed by atoms with Crippen LogP contribution < -0.4 is 5.32 Å². The predicted molar refractivity (Wildman–Crippen MR) is 101 cm³/mol. The van der Waals surface area contributed by atoms with Crippen LogP contribution in [0.15, 0.2) is 71.1 Å². The van der Waals surface area contributed by atoms with Gasteiger partial charge < -0.3 is 14.5 Å². The number of nitrogens with one attached hydrogen (secondary N) is 1. The highest BCUT2D eigenvalue weighted by molar-refractivity contribution is 5.77. The minimum Gasteiger partial charge on any atom is -0.466 e. The Balaban J connectivity index is 1.62. The quantitative estimate of drug-likeness (QED) is 0.691. The maximum Gasteiger partial charge on any atom is 0.246 e. The van der Waals surface area contributed by atoms with Crippen LogP contribution in [0.3, 0.4) is 0 Å².